The highest BCUT2D eigenvalue weighted by Crippen LogP contribution is 2.33. The number of hydrogen-bond acceptors (Lipinski definition) is 4. The van der Waals surface area contributed by atoms with Gasteiger partial charge in [0.15, 0.2) is 5.79 Å². The summed E-state index contributed by atoms with van der Waals surface area (Å²) in [5.74, 6) is -0.177. The quantitative estimate of drug-likeness (QED) is 0.674. The molecule has 2 heterocycles. The Hall–Kier alpha value is -0.160. The molecular formula is C10H18O4. The van der Waals surface area contributed by atoms with Gasteiger partial charge in [0, 0.05) is 12.5 Å². The fraction of sp³-hybridized carbons (Fsp3) is 1.00. The summed E-state index contributed by atoms with van der Waals surface area (Å²) in [6.07, 6.45) is 0.756. The van der Waals surface area contributed by atoms with Gasteiger partial charge in [-0.1, -0.05) is 0 Å². The normalized spacial score (nSPS) is 41.8. The van der Waals surface area contributed by atoms with Crippen molar-refractivity contribution in [3.05, 3.63) is 0 Å². The van der Waals surface area contributed by atoms with Crippen LogP contribution in [0.3, 0.4) is 0 Å². The predicted octanol–water partition coefficient (Wildman–Crippen LogP) is 0.535. The van der Waals surface area contributed by atoms with Gasteiger partial charge in [-0.25, -0.2) is 0 Å². The van der Waals surface area contributed by atoms with Crippen LogP contribution in [0.4, 0.5) is 0 Å². The summed E-state index contributed by atoms with van der Waals surface area (Å²) in [5, 5.41) is 9.15. The van der Waals surface area contributed by atoms with E-state index in [-0.39, 0.29) is 18.8 Å². The number of rotatable bonds is 1. The minimum absolute atomic E-state index is 0.0162. The summed E-state index contributed by atoms with van der Waals surface area (Å²) < 4.78 is 16.8. The molecule has 3 atom stereocenters. The molecule has 14 heavy (non-hydrogen) atoms. The maximum Gasteiger partial charge on any atom is 0.163 e. The van der Waals surface area contributed by atoms with Gasteiger partial charge in [-0.05, 0) is 20.3 Å². The highest BCUT2D eigenvalue weighted by molar-refractivity contribution is 4.86. The first-order chi connectivity index (χ1) is 6.62. The molecule has 2 fully saturated rings. The maximum absolute atomic E-state index is 9.15. The van der Waals surface area contributed by atoms with Gasteiger partial charge >= 0.3 is 0 Å². The molecule has 0 bridgehead atoms. The fourth-order valence-electron chi connectivity index (χ4n) is 2.11. The number of fused-ring (bicyclic) bond motifs is 1. The molecule has 2 aliphatic heterocycles. The van der Waals surface area contributed by atoms with Gasteiger partial charge < -0.3 is 19.3 Å². The van der Waals surface area contributed by atoms with E-state index in [0.717, 1.165) is 6.42 Å². The zero-order valence-electron chi connectivity index (χ0n) is 8.73. The highest BCUT2D eigenvalue weighted by atomic mass is 16.7. The van der Waals surface area contributed by atoms with Crippen LogP contribution in [0.2, 0.25) is 0 Å². The fourth-order valence-corrected chi connectivity index (χ4v) is 2.11. The third kappa shape index (κ3) is 1.93. The summed E-state index contributed by atoms with van der Waals surface area (Å²) in [4.78, 5) is 0. The van der Waals surface area contributed by atoms with E-state index in [1.165, 1.54) is 0 Å². The Kier molecular flexibility index (Phi) is 2.79. The van der Waals surface area contributed by atoms with Crippen LogP contribution >= 0.6 is 0 Å². The third-order valence-corrected chi connectivity index (χ3v) is 2.90. The zero-order valence-corrected chi connectivity index (χ0v) is 8.73. The molecule has 3 unspecified atom stereocenters. The van der Waals surface area contributed by atoms with Crippen LogP contribution in [0.1, 0.15) is 20.3 Å². The number of hydrogen-bond donors (Lipinski definition) is 1. The zero-order chi connectivity index (χ0) is 10.2. The maximum atomic E-state index is 9.15. The van der Waals surface area contributed by atoms with E-state index in [1.54, 1.807) is 0 Å². The Morgan fingerprint density at radius 1 is 1.43 bits per heavy atom. The Morgan fingerprint density at radius 2 is 2.21 bits per heavy atom. The molecule has 0 aromatic carbocycles. The van der Waals surface area contributed by atoms with Crippen molar-refractivity contribution in [3.63, 3.8) is 0 Å². The molecule has 4 heteroatoms. The van der Waals surface area contributed by atoms with Gasteiger partial charge in [0.1, 0.15) is 6.10 Å². The van der Waals surface area contributed by atoms with Crippen LogP contribution in [0.25, 0.3) is 0 Å². The summed E-state index contributed by atoms with van der Waals surface area (Å²) in [7, 11) is 0. The van der Waals surface area contributed by atoms with Gasteiger partial charge in [-0.3, -0.25) is 0 Å². The molecule has 2 rings (SSSR count). The minimum Gasteiger partial charge on any atom is -0.394 e. The van der Waals surface area contributed by atoms with Gasteiger partial charge in [-0.2, -0.15) is 0 Å². The second-order valence-corrected chi connectivity index (χ2v) is 4.43. The average molecular weight is 202 g/mol. The van der Waals surface area contributed by atoms with Gasteiger partial charge in [0.05, 0.1) is 19.3 Å². The molecule has 0 aromatic rings. The molecule has 2 saturated heterocycles. The van der Waals surface area contributed by atoms with Crippen molar-refractivity contribution < 1.29 is 19.3 Å². The Bertz CT molecular complexity index is 198. The van der Waals surface area contributed by atoms with Crippen LogP contribution < -0.4 is 0 Å². The van der Waals surface area contributed by atoms with Crippen molar-refractivity contribution in [2.75, 3.05) is 19.8 Å². The minimum atomic E-state index is -0.546. The predicted molar refractivity (Wildman–Crippen MR) is 49.8 cm³/mol. The second kappa shape index (κ2) is 3.77. The summed E-state index contributed by atoms with van der Waals surface area (Å²) in [6.45, 7) is 5.22. The molecule has 0 aliphatic carbocycles. The molecule has 0 spiro atoms. The molecule has 1 N–H and O–H groups in total. The SMILES string of the molecule is CC1(C)OCC2CCOC(CO)C2O1. The van der Waals surface area contributed by atoms with Crippen LogP contribution in [0.15, 0.2) is 0 Å². The van der Waals surface area contributed by atoms with E-state index >= 15 is 0 Å². The van der Waals surface area contributed by atoms with Gasteiger partial charge in [0.25, 0.3) is 0 Å². The van der Waals surface area contributed by atoms with Gasteiger partial charge in [-0.15, -0.1) is 0 Å². The number of ether oxygens (including phenoxy) is 3. The summed E-state index contributed by atoms with van der Waals surface area (Å²) in [5.41, 5.74) is 0. The van der Waals surface area contributed by atoms with E-state index < -0.39 is 5.79 Å². The molecule has 0 radical (unpaired) electrons. The van der Waals surface area contributed by atoms with Crippen LogP contribution in [-0.4, -0.2) is 42.9 Å². The first-order valence-corrected chi connectivity index (χ1v) is 5.16. The van der Waals surface area contributed by atoms with Crippen molar-refractivity contribution in [2.45, 2.75) is 38.3 Å². The summed E-state index contributed by atoms with van der Waals surface area (Å²) >= 11 is 0. The third-order valence-electron chi connectivity index (χ3n) is 2.90. The second-order valence-electron chi connectivity index (χ2n) is 4.43. The van der Waals surface area contributed by atoms with Crippen LogP contribution in [0.5, 0.6) is 0 Å². The first kappa shape index (κ1) is 10.4. The highest BCUT2D eigenvalue weighted by Gasteiger charge is 2.43. The smallest absolute Gasteiger partial charge is 0.163 e. The lowest BCUT2D eigenvalue weighted by Gasteiger charge is -2.46. The van der Waals surface area contributed by atoms with E-state index in [1.807, 2.05) is 13.8 Å². The van der Waals surface area contributed by atoms with Gasteiger partial charge in [0.2, 0.25) is 0 Å². The molecule has 82 valence electrons. The van der Waals surface area contributed by atoms with E-state index in [9.17, 15) is 0 Å². The van der Waals surface area contributed by atoms with E-state index in [0.29, 0.717) is 19.1 Å². The Labute approximate surface area is 84.1 Å². The molecule has 0 aromatic heterocycles. The molecule has 4 nitrogen and oxygen atoms in total. The first-order valence-electron chi connectivity index (χ1n) is 5.16. The Balaban J connectivity index is 2.06. The largest absolute Gasteiger partial charge is 0.394 e. The molecule has 0 saturated carbocycles. The topological polar surface area (TPSA) is 47.9 Å². The monoisotopic (exact) mass is 202 g/mol. The molecule has 0 amide bonds. The van der Waals surface area contributed by atoms with E-state index in [4.69, 9.17) is 19.3 Å². The molecule has 2 aliphatic rings. The summed E-state index contributed by atoms with van der Waals surface area (Å²) in [6, 6.07) is 0. The van der Waals surface area contributed by atoms with Crippen LogP contribution in [-0.2, 0) is 14.2 Å². The lowest BCUT2D eigenvalue weighted by Crippen LogP contribution is -2.55. The van der Waals surface area contributed by atoms with Crippen molar-refractivity contribution in [1.82, 2.24) is 0 Å². The van der Waals surface area contributed by atoms with Crippen LogP contribution in [0, 0.1) is 5.92 Å². The number of aliphatic hydroxyl groups is 1. The lowest BCUT2D eigenvalue weighted by atomic mass is 9.91. The number of aliphatic hydroxyl groups excluding tert-OH is 1. The standard InChI is InChI=1S/C10H18O4/c1-10(2)13-6-7-3-4-12-8(5-11)9(7)14-10/h7-9,11H,3-6H2,1-2H3. The van der Waals surface area contributed by atoms with Crippen molar-refractivity contribution >= 4 is 0 Å². The van der Waals surface area contributed by atoms with Crippen molar-refractivity contribution in [1.29, 1.82) is 0 Å². The van der Waals surface area contributed by atoms with Crippen molar-refractivity contribution in [3.8, 4) is 0 Å². The molecular weight excluding hydrogens is 184 g/mol. The Morgan fingerprint density at radius 3 is 2.93 bits per heavy atom. The van der Waals surface area contributed by atoms with Crippen molar-refractivity contribution in [2.24, 2.45) is 5.92 Å². The lowest BCUT2D eigenvalue weighted by molar-refractivity contribution is -0.325. The average Bonchev–Trinajstić information content (AvgIpc) is 2.15. The van der Waals surface area contributed by atoms with E-state index in [2.05, 4.69) is 0 Å².